The Hall–Kier alpha value is -3.79. The lowest BCUT2D eigenvalue weighted by Crippen LogP contribution is -2.11. The molecule has 116 valence electrons. The van der Waals surface area contributed by atoms with E-state index in [1.54, 1.807) is 30.3 Å². The molecule has 1 N–H and O–H groups in total. The van der Waals surface area contributed by atoms with Gasteiger partial charge < -0.3 is 5.32 Å². The van der Waals surface area contributed by atoms with Crippen LogP contribution < -0.4 is 5.32 Å². The Morgan fingerprint density at radius 2 is 1.92 bits per heavy atom. The summed E-state index contributed by atoms with van der Waals surface area (Å²) >= 11 is 0. The number of benzene rings is 2. The van der Waals surface area contributed by atoms with Crippen LogP contribution >= 0.6 is 0 Å². The Bertz CT molecular complexity index is 970. The molecule has 7 heteroatoms. The number of nitrogens with one attached hydrogen (secondary N) is 1. The van der Waals surface area contributed by atoms with Crippen molar-refractivity contribution in [2.24, 2.45) is 0 Å². The molecule has 0 radical (unpaired) electrons. The maximum absolute atomic E-state index is 12.6. The number of nitro groups is 1. The van der Waals surface area contributed by atoms with Crippen molar-refractivity contribution in [2.75, 3.05) is 5.32 Å². The van der Waals surface area contributed by atoms with Crippen molar-refractivity contribution >= 4 is 28.6 Å². The second-order valence-corrected chi connectivity index (χ2v) is 5.00. The molecule has 0 aromatic heterocycles. The van der Waals surface area contributed by atoms with Gasteiger partial charge in [-0.25, -0.2) is 0 Å². The minimum Gasteiger partial charge on any atom is -0.321 e. The largest absolute Gasteiger partial charge is 0.321 e. The van der Waals surface area contributed by atoms with Gasteiger partial charge in [0.2, 0.25) is 5.78 Å². The lowest BCUT2D eigenvalue weighted by Gasteiger charge is -2.03. The molecule has 0 saturated heterocycles. The molecule has 0 saturated carbocycles. The fourth-order valence-electron chi connectivity index (χ4n) is 2.49. The number of nitriles is 1. The van der Waals surface area contributed by atoms with Crippen LogP contribution in [0.2, 0.25) is 0 Å². The molecular formula is C17H9N3O4. The van der Waals surface area contributed by atoms with E-state index in [2.05, 4.69) is 5.32 Å². The molecule has 0 bridgehead atoms. The summed E-state index contributed by atoms with van der Waals surface area (Å²) in [6.45, 7) is 0. The van der Waals surface area contributed by atoms with Gasteiger partial charge in [0.05, 0.1) is 10.5 Å². The van der Waals surface area contributed by atoms with Crippen molar-refractivity contribution in [3.8, 4) is 6.07 Å². The summed E-state index contributed by atoms with van der Waals surface area (Å²) in [4.78, 5) is 35.0. The molecule has 1 heterocycles. The van der Waals surface area contributed by atoms with Crippen LogP contribution in [0.5, 0.6) is 0 Å². The van der Waals surface area contributed by atoms with Crippen molar-refractivity contribution in [3.63, 3.8) is 0 Å². The average molecular weight is 319 g/mol. The predicted molar refractivity (Wildman–Crippen MR) is 85.0 cm³/mol. The molecule has 0 fully saturated rings. The highest BCUT2D eigenvalue weighted by atomic mass is 16.6. The maximum atomic E-state index is 12.6. The second-order valence-electron chi connectivity index (χ2n) is 5.00. The van der Waals surface area contributed by atoms with Crippen LogP contribution in [-0.2, 0) is 4.79 Å². The lowest BCUT2D eigenvalue weighted by atomic mass is 9.95. The van der Waals surface area contributed by atoms with Gasteiger partial charge in [-0.15, -0.1) is 0 Å². The van der Waals surface area contributed by atoms with E-state index in [9.17, 15) is 25.0 Å². The monoisotopic (exact) mass is 319 g/mol. The van der Waals surface area contributed by atoms with E-state index in [1.807, 2.05) is 0 Å². The maximum Gasteiger partial charge on any atom is 0.270 e. The topological polar surface area (TPSA) is 113 Å². The number of carbonyl (C=O) groups is 2. The van der Waals surface area contributed by atoms with Gasteiger partial charge in [-0.05, 0) is 6.07 Å². The molecule has 7 nitrogen and oxygen atoms in total. The molecule has 0 atom stereocenters. The van der Waals surface area contributed by atoms with Gasteiger partial charge in [-0.1, -0.05) is 30.3 Å². The normalized spacial score (nSPS) is 14.4. The number of Topliss-reactive ketones (excluding diaryl/α,β-unsaturated/α-hetero) is 1. The standard InChI is InChI=1S/C17H9N3O4/c18-9-13(15-12-6-1-2-7-14(12)19-17(15)22)16(21)10-4-3-5-11(8-10)20(23)24/h1-8H,(H,19,22)/b15-13-. The molecule has 0 aliphatic carbocycles. The summed E-state index contributed by atoms with van der Waals surface area (Å²) in [6, 6.07) is 13.5. The molecule has 2 aromatic carbocycles. The fourth-order valence-corrected chi connectivity index (χ4v) is 2.49. The van der Waals surface area contributed by atoms with Crippen molar-refractivity contribution in [2.45, 2.75) is 0 Å². The number of carbonyl (C=O) groups excluding carboxylic acids is 2. The minimum absolute atomic E-state index is 0.0227. The molecule has 2 aromatic rings. The first-order chi connectivity index (χ1) is 11.5. The molecule has 1 aliphatic heterocycles. The highest BCUT2D eigenvalue weighted by Gasteiger charge is 2.30. The van der Waals surface area contributed by atoms with E-state index < -0.39 is 16.6 Å². The van der Waals surface area contributed by atoms with Crippen molar-refractivity contribution in [3.05, 3.63) is 75.3 Å². The Morgan fingerprint density at radius 3 is 2.62 bits per heavy atom. The van der Waals surface area contributed by atoms with Crippen LogP contribution in [0.25, 0.3) is 5.57 Å². The van der Waals surface area contributed by atoms with E-state index in [1.165, 1.54) is 18.2 Å². The zero-order valence-electron chi connectivity index (χ0n) is 12.1. The number of hydrogen-bond acceptors (Lipinski definition) is 5. The van der Waals surface area contributed by atoms with Gasteiger partial charge in [0.25, 0.3) is 11.6 Å². The number of fused-ring (bicyclic) bond motifs is 1. The summed E-state index contributed by atoms with van der Waals surface area (Å²) in [5.41, 5.74) is 0.308. The molecule has 0 spiro atoms. The zero-order chi connectivity index (χ0) is 17.3. The Morgan fingerprint density at radius 1 is 1.17 bits per heavy atom. The predicted octanol–water partition coefficient (Wildman–Crippen LogP) is 2.71. The number of allylic oxidation sites excluding steroid dienone is 1. The van der Waals surface area contributed by atoms with Crippen molar-refractivity contribution in [1.82, 2.24) is 0 Å². The Kier molecular flexibility index (Phi) is 3.64. The van der Waals surface area contributed by atoms with Crippen molar-refractivity contribution in [1.29, 1.82) is 5.26 Å². The third-order valence-corrected chi connectivity index (χ3v) is 3.58. The Labute approximate surface area is 136 Å². The first kappa shape index (κ1) is 15.1. The highest BCUT2D eigenvalue weighted by Crippen LogP contribution is 2.34. The van der Waals surface area contributed by atoms with Crippen LogP contribution in [-0.4, -0.2) is 16.6 Å². The third kappa shape index (κ3) is 2.42. The van der Waals surface area contributed by atoms with Gasteiger partial charge in [0.15, 0.2) is 0 Å². The summed E-state index contributed by atoms with van der Waals surface area (Å²) in [5.74, 6) is -1.28. The summed E-state index contributed by atoms with van der Waals surface area (Å²) in [6.07, 6.45) is 0. The fraction of sp³-hybridized carbons (Fsp3) is 0. The molecule has 24 heavy (non-hydrogen) atoms. The van der Waals surface area contributed by atoms with Gasteiger partial charge >= 0.3 is 0 Å². The Balaban J connectivity index is 2.15. The molecule has 0 unspecified atom stereocenters. The smallest absolute Gasteiger partial charge is 0.270 e. The number of hydrogen-bond donors (Lipinski definition) is 1. The van der Waals surface area contributed by atoms with Gasteiger partial charge in [-0.3, -0.25) is 19.7 Å². The van der Waals surface area contributed by atoms with Crippen molar-refractivity contribution < 1.29 is 14.5 Å². The molecule has 1 aliphatic rings. The number of ketones is 1. The lowest BCUT2D eigenvalue weighted by molar-refractivity contribution is -0.384. The molecule has 3 rings (SSSR count). The summed E-state index contributed by atoms with van der Waals surface area (Å²) < 4.78 is 0. The number of rotatable bonds is 3. The van der Waals surface area contributed by atoms with E-state index >= 15 is 0 Å². The third-order valence-electron chi connectivity index (χ3n) is 3.58. The summed E-state index contributed by atoms with van der Waals surface area (Å²) in [5, 5.41) is 22.8. The second kappa shape index (κ2) is 5.78. The van der Waals surface area contributed by atoms with E-state index in [4.69, 9.17) is 0 Å². The van der Waals surface area contributed by atoms with Crippen LogP contribution in [0, 0.1) is 21.4 Å². The number of nitro benzene ring substituents is 1. The van der Waals surface area contributed by atoms with Crippen LogP contribution in [0.1, 0.15) is 15.9 Å². The van der Waals surface area contributed by atoms with Gasteiger partial charge in [0, 0.05) is 28.9 Å². The van der Waals surface area contributed by atoms with Crippen LogP contribution in [0.15, 0.2) is 54.1 Å². The van der Waals surface area contributed by atoms with E-state index in [0.717, 1.165) is 6.07 Å². The minimum atomic E-state index is -0.733. The zero-order valence-corrected chi connectivity index (χ0v) is 12.1. The first-order valence-electron chi connectivity index (χ1n) is 6.87. The molecular weight excluding hydrogens is 310 g/mol. The van der Waals surface area contributed by atoms with Crippen LogP contribution in [0.3, 0.4) is 0 Å². The highest BCUT2D eigenvalue weighted by molar-refractivity contribution is 6.37. The first-order valence-corrected chi connectivity index (χ1v) is 6.87. The van der Waals surface area contributed by atoms with E-state index in [0.29, 0.717) is 11.3 Å². The van der Waals surface area contributed by atoms with Gasteiger partial charge in [-0.2, -0.15) is 5.26 Å². The van der Waals surface area contributed by atoms with Crippen LogP contribution in [0.4, 0.5) is 11.4 Å². The molecule has 1 amide bonds. The number of non-ortho nitro benzene ring substituents is 1. The number of anilines is 1. The van der Waals surface area contributed by atoms with Gasteiger partial charge in [0.1, 0.15) is 11.6 Å². The number of para-hydroxylation sites is 1. The summed E-state index contributed by atoms with van der Waals surface area (Å²) in [7, 11) is 0. The van der Waals surface area contributed by atoms with E-state index in [-0.39, 0.29) is 22.4 Å². The number of amides is 1. The average Bonchev–Trinajstić information content (AvgIpc) is 2.92. The SMILES string of the molecule is N#C/C(C(=O)c1cccc([N+](=O)[O-])c1)=C1/C(=O)Nc2ccccc21. The quantitative estimate of drug-likeness (QED) is 0.307. The number of nitrogens with zero attached hydrogens (tertiary/aromatic N) is 2.